The fourth-order valence-corrected chi connectivity index (χ4v) is 2.45. The topological polar surface area (TPSA) is 52.6 Å². The Morgan fingerprint density at radius 2 is 2.39 bits per heavy atom. The third-order valence-corrected chi connectivity index (χ3v) is 3.77. The van der Waals surface area contributed by atoms with Gasteiger partial charge in [0.2, 0.25) is 0 Å². The van der Waals surface area contributed by atoms with Crippen LogP contribution in [0.5, 0.6) is 0 Å². The molecule has 2 rings (SSSR count). The van der Waals surface area contributed by atoms with E-state index in [1.165, 1.54) is 0 Å². The van der Waals surface area contributed by atoms with Crippen molar-refractivity contribution in [3.8, 4) is 0 Å². The van der Waals surface area contributed by atoms with Gasteiger partial charge in [0.25, 0.3) is 0 Å². The number of aryl methyl sites for hydroxylation is 1. The molecule has 98 valence electrons. The van der Waals surface area contributed by atoms with Crippen LogP contribution in [0.25, 0.3) is 0 Å². The molecule has 5 heteroatoms. The quantitative estimate of drug-likeness (QED) is 0.882. The third-order valence-electron chi connectivity index (χ3n) is 3.27. The zero-order valence-electron chi connectivity index (χ0n) is 10.3. The minimum absolute atomic E-state index is 0.0906. The largest absolute Gasteiger partial charge is 0.396 e. The Hall–Kier alpha value is -1.07. The Balaban J connectivity index is 2.01. The number of likely N-dealkylation sites (tertiary alicyclic amines) is 1. The summed E-state index contributed by atoms with van der Waals surface area (Å²) >= 11 is 3.39. The first-order valence-electron chi connectivity index (χ1n) is 6.03. The monoisotopic (exact) mass is 312 g/mol. The van der Waals surface area contributed by atoms with E-state index in [9.17, 15) is 4.79 Å². The molecule has 4 nitrogen and oxygen atoms in total. The van der Waals surface area contributed by atoms with Gasteiger partial charge in [0, 0.05) is 35.8 Å². The van der Waals surface area contributed by atoms with Crippen LogP contribution in [0.2, 0.25) is 0 Å². The lowest BCUT2D eigenvalue weighted by Gasteiger charge is -2.18. The number of nitrogens with one attached hydrogen (secondary N) is 1. The van der Waals surface area contributed by atoms with Crippen LogP contribution in [-0.2, 0) is 0 Å². The third kappa shape index (κ3) is 3.03. The van der Waals surface area contributed by atoms with E-state index in [2.05, 4.69) is 21.2 Å². The standard InChI is InChI=1S/C13H17BrN2O2/c1-9-2-3-11(14)6-12(9)15-13(18)16-5-4-10(7-16)8-17/h2-3,6,10,17H,4-5,7-8H2,1H3,(H,15,18). The predicted octanol–water partition coefficient (Wildman–Crippen LogP) is 2.60. The first-order valence-corrected chi connectivity index (χ1v) is 6.82. The number of hydrogen-bond acceptors (Lipinski definition) is 2. The van der Waals surface area contributed by atoms with Crippen LogP contribution in [0.15, 0.2) is 22.7 Å². The number of nitrogens with zero attached hydrogens (tertiary/aromatic N) is 1. The van der Waals surface area contributed by atoms with Gasteiger partial charge in [0.1, 0.15) is 0 Å². The van der Waals surface area contributed by atoms with Crippen LogP contribution in [0.1, 0.15) is 12.0 Å². The van der Waals surface area contributed by atoms with Crippen molar-refractivity contribution in [2.24, 2.45) is 5.92 Å². The van der Waals surface area contributed by atoms with Crippen molar-refractivity contribution in [1.29, 1.82) is 0 Å². The van der Waals surface area contributed by atoms with E-state index in [1.807, 2.05) is 25.1 Å². The van der Waals surface area contributed by atoms with Crippen LogP contribution >= 0.6 is 15.9 Å². The molecular formula is C13H17BrN2O2. The molecule has 1 aromatic rings. The molecule has 0 aromatic heterocycles. The maximum atomic E-state index is 12.1. The average Bonchev–Trinajstić information content (AvgIpc) is 2.82. The fraction of sp³-hybridized carbons (Fsp3) is 0.462. The second kappa shape index (κ2) is 5.71. The Morgan fingerprint density at radius 1 is 1.61 bits per heavy atom. The minimum atomic E-state index is -0.0906. The predicted molar refractivity (Wildman–Crippen MR) is 74.7 cm³/mol. The summed E-state index contributed by atoms with van der Waals surface area (Å²) in [5.41, 5.74) is 1.85. The summed E-state index contributed by atoms with van der Waals surface area (Å²) in [7, 11) is 0. The molecule has 1 heterocycles. The highest BCUT2D eigenvalue weighted by Crippen LogP contribution is 2.22. The molecule has 0 saturated carbocycles. The molecule has 1 fully saturated rings. The number of urea groups is 1. The van der Waals surface area contributed by atoms with Gasteiger partial charge in [0.15, 0.2) is 0 Å². The van der Waals surface area contributed by atoms with Gasteiger partial charge in [-0.15, -0.1) is 0 Å². The molecule has 0 radical (unpaired) electrons. The highest BCUT2D eigenvalue weighted by Gasteiger charge is 2.25. The Bertz CT molecular complexity index is 451. The first kappa shape index (κ1) is 13.4. The van der Waals surface area contributed by atoms with Gasteiger partial charge < -0.3 is 15.3 Å². The zero-order chi connectivity index (χ0) is 13.1. The van der Waals surface area contributed by atoms with E-state index in [0.717, 1.165) is 22.1 Å². The number of aliphatic hydroxyl groups is 1. The normalized spacial score (nSPS) is 19.1. The number of amides is 2. The lowest BCUT2D eigenvalue weighted by Crippen LogP contribution is -2.33. The van der Waals surface area contributed by atoms with Crippen molar-refractivity contribution in [3.63, 3.8) is 0 Å². The lowest BCUT2D eigenvalue weighted by molar-refractivity contribution is 0.208. The molecule has 1 aliphatic rings. The van der Waals surface area contributed by atoms with Gasteiger partial charge in [-0.25, -0.2) is 4.79 Å². The molecule has 0 spiro atoms. The second-order valence-electron chi connectivity index (χ2n) is 4.67. The molecule has 1 aliphatic heterocycles. The van der Waals surface area contributed by atoms with Crippen molar-refractivity contribution >= 4 is 27.6 Å². The summed E-state index contributed by atoms with van der Waals surface area (Å²) in [5.74, 6) is 0.222. The summed E-state index contributed by atoms with van der Waals surface area (Å²) in [6.07, 6.45) is 0.876. The minimum Gasteiger partial charge on any atom is -0.396 e. The number of aliphatic hydroxyl groups excluding tert-OH is 1. The van der Waals surface area contributed by atoms with Crippen LogP contribution < -0.4 is 5.32 Å². The average molecular weight is 313 g/mol. The first-order chi connectivity index (χ1) is 8.60. The summed E-state index contributed by atoms with van der Waals surface area (Å²) < 4.78 is 0.943. The SMILES string of the molecule is Cc1ccc(Br)cc1NC(=O)N1CCC(CO)C1. The van der Waals surface area contributed by atoms with Crippen LogP contribution in [-0.4, -0.2) is 35.7 Å². The van der Waals surface area contributed by atoms with E-state index in [4.69, 9.17) is 5.11 Å². The van der Waals surface area contributed by atoms with Crippen molar-refractivity contribution in [3.05, 3.63) is 28.2 Å². The molecule has 2 amide bonds. The number of carbonyl (C=O) groups is 1. The van der Waals surface area contributed by atoms with Gasteiger partial charge in [-0.2, -0.15) is 0 Å². The Labute approximate surface area is 115 Å². The van der Waals surface area contributed by atoms with Gasteiger partial charge in [-0.3, -0.25) is 0 Å². The Morgan fingerprint density at radius 3 is 3.06 bits per heavy atom. The van der Waals surface area contributed by atoms with Crippen molar-refractivity contribution in [2.75, 3.05) is 25.0 Å². The van der Waals surface area contributed by atoms with Crippen molar-refractivity contribution < 1.29 is 9.90 Å². The van der Waals surface area contributed by atoms with E-state index in [-0.39, 0.29) is 18.6 Å². The summed E-state index contributed by atoms with van der Waals surface area (Å²) in [4.78, 5) is 13.8. The fourth-order valence-electron chi connectivity index (χ4n) is 2.09. The highest BCUT2D eigenvalue weighted by molar-refractivity contribution is 9.10. The molecule has 1 saturated heterocycles. The molecule has 1 atom stereocenters. The summed E-state index contributed by atoms with van der Waals surface area (Å²) in [6, 6.07) is 5.71. The van der Waals surface area contributed by atoms with Gasteiger partial charge in [-0.05, 0) is 31.0 Å². The number of benzene rings is 1. The summed E-state index contributed by atoms with van der Waals surface area (Å²) in [6.45, 7) is 3.46. The van der Waals surface area contributed by atoms with E-state index < -0.39 is 0 Å². The van der Waals surface area contributed by atoms with Gasteiger partial charge in [0.05, 0.1) is 0 Å². The molecule has 0 bridgehead atoms. The smallest absolute Gasteiger partial charge is 0.321 e. The second-order valence-corrected chi connectivity index (χ2v) is 5.59. The van der Waals surface area contributed by atoms with E-state index in [1.54, 1.807) is 4.90 Å². The number of halogens is 1. The number of carbonyl (C=O) groups excluding carboxylic acids is 1. The van der Waals surface area contributed by atoms with Gasteiger partial charge >= 0.3 is 6.03 Å². The van der Waals surface area contributed by atoms with Crippen molar-refractivity contribution in [2.45, 2.75) is 13.3 Å². The van der Waals surface area contributed by atoms with Crippen LogP contribution in [0.4, 0.5) is 10.5 Å². The van der Waals surface area contributed by atoms with Crippen LogP contribution in [0, 0.1) is 12.8 Å². The molecular weight excluding hydrogens is 296 g/mol. The molecule has 18 heavy (non-hydrogen) atoms. The van der Waals surface area contributed by atoms with E-state index >= 15 is 0 Å². The zero-order valence-corrected chi connectivity index (χ0v) is 11.9. The maximum absolute atomic E-state index is 12.1. The lowest BCUT2D eigenvalue weighted by atomic mass is 10.1. The molecule has 0 aliphatic carbocycles. The van der Waals surface area contributed by atoms with Crippen molar-refractivity contribution in [1.82, 2.24) is 4.90 Å². The summed E-state index contributed by atoms with van der Waals surface area (Å²) in [5, 5.41) is 12.0. The number of anilines is 1. The van der Waals surface area contributed by atoms with E-state index in [0.29, 0.717) is 13.1 Å². The Kier molecular flexibility index (Phi) is 4.24. The molecule has 1 aromatic carbocycles. The van der Waals surface area contributed by atoms with Crippen LogP contribution in [0.3, 0.4) is 0 Å². The number of rotatable bonds is 2. The maximum Gasteiger partial charge on any atom is 0.321 e. The molecule has 1 unspecified atom stereocenters. The molecule has 2 N–H and O–H groups in total. The number of hydrogen-bond donors (Lipinski definition) is 2. The highest BCUT2D eigenvalue weighted by atomic mass is 79.9. The van der Waals surface area contributed by atoms with Gasteiger partial charge in [-0.1, -0.05) is 22.0 Å².